The van der Waals surface area contributed by atoms with Crippen molar-refractivity contribution in [2.45, 2.75) is 39.6 Å². The molecule has 0 radical (unpaired) electrons. The Bertz CT molecular complexity index is 698. The zero-order chi connectivity index (χ0) is 18.2. The fraction of sp³-hybridized carbons (Fsp3) is 0.381. The van der Waals surface area contributed by atoms with E-state index in [1.165, 1.54) is 11.1 Å². The molecule has 0 saturated heterocycles. The summed E-state index contributed by atoms with van der Waals surface area (Å²) in [5.74, 6) is 2.55. The fourth-order valence-electron chi connectivity index (χ4n) is 2.34. The Morgan fingerprint density at radius 3 is 2.48 bits per heavy atom. The van der Waals surface area contributed by atoms with Gasteiger partial charge < -0.3 is 10.1 Å². The second-order valence-electron chi connectivity index (χ2n) is 6.36. The average molecular weight is 358 g/mol. The van der Waals surface area contributed by atoms with Gasteiger partial charge in [0.05, 0.1) is 0 Å². The number of rotatable bonds is 8. The fourth-order valence-corrected chi connectivity index (χ4v) is 3.16. The minimum Gasteiger partial charge on any atom is -0.481 e. The molecule has 1 N–H and O–H groups in total. The molecule has 2 aromatic rings. The van der Waals surface area contributed by atoms with Gasteiger partial charge in [-0.25, -0.2) is 0 Å². The lowest BCUT2D eigenvalue weighted by molar-refractivity contribution is -0.127. The van der Waals surface area contributed by atoms with Crippen molar-refractivity contribution in [3.8, 4) is 5.75 Å². The average Bonchev–Trinajstić information content (AvgIpc) is 2.59. The summed E-state index contributed by atoms with van der Waals surface area (Å²) in [6.45, 7) is 8.53. The van der Waals surface area contributed by atoms with Crippen molar-refractivity contribution in [2.75, 3.05) is 12.3 Å². The van der Waals surface area contributed by atoms with Gasteiger partial charge in [-0.3, -0.25) is 4.79 Å². The van der Waals surface area contributed by atoms with Crippen molar-refractivity contribution in [3.63, 3.8) is 0 Å². The van der Waals surface area contributed by atoms with Gasteiger partial charge in [0.1, 0.15) is 5.75 Å². The summed E-state index contributed by atoms with van der Waals surface area (Å²) in [5.41, 5.74) is 4.76. The summed E-state index contributed by atoms with van der Waals surface area (Å²) < 4.78 is 5.81. The van der Waals surface area contributed by atoms with Crippen molar-refractivity contribution >= 4 is 17.7 Å². The van der Waals surface area contributed by atoms with Gasteiger partial charge in [0.2, 0.25) is 0 Å². The third kappa shape index (κ3) is 6.46. The molecule has 0 aliphatic heterocycles. The van der Waals surface area contributed by atoms with E-state index < -0.39 is 6.10 Å². The molecule has 2 aromatic carbocycles. The van der Waals surface area contributed by atoms with Crippen LogP contribution in [-0.2, 0) is 10.5 Å². The number of thioether (sulfide) groups is 1. The first-order chi connectivity index (χ1) is 12.0. The van der Waals surface area contributed by atoms with Crippen LogP contribution >= 0.6 is 11.8 Å². The predicted molar refractivity (Wildman–Crippen MR) is 106 cm³/mol. The van der Waals surface area contributed by atoms with Crippen molar-refractivity contribution in [1.29, 1.82) is 0 Å². The zero-order valence-corrected chi connectivity index (χ0v) is 16.3. The van der Waals surface area contributed by atoms with Crippen LogP contribution in [0.25, 0.3) is 0 Å². The van der Waals surface area contributed by atoms with Crippen LogP contribution in [0.3, 0.4) is 0 Å². The molecule has 1 amide bonds. The highest BCUT2D eigenvalue weighted by Crippen LogP contribution is 2.20. The van der Waals surface area contributed by atoms with Crippen LogP contribution in [0.5, 0.6) is 5.75 Å². The molecule has 1 unspecified atom stereocenters. The van der Waals surface area contributed by atoms with Gasteiger partial charge in [-0.05, 0) is 50.5 Å². The largest absolute Gasteiger partial charge is 0.481 e. The summed E-state index contributed by atoms with van der Waals surface area (Å²) in [4.78, 5) is 12.2. The minimum atomic E-state index is -0.498. The maximum Gasteiger partial charge on any atom is 0.260 e. The molecule has 0 saturated carbocycles. The summed E-state index contributed by atoms with van der Waals surface area (Å²) >= 11 is 1.82. The molecule has 2 rings (SSSR count). The van der Waals surface area contributed by atoms with Gasteiger partial charge in [0.25, 0.3) is 5.91 Å². The zero-order valence-electron chi connectivity index (χ0n) is 15.5. The Hall–Kier alpha value is -1.94. The van der Waals surface area contributed by atoms with Crippen LogP contribution in [0, 0.1) is 20.8 Å². The van der Waals surface area contributed by atoms with Crippen molar-refractivity contribution in [2.24, 2.45) is 0 Å². The molecule has 134 valence electrons. The van der Waals surface area contributed by atoms with Crippen LogP contribution in [0.15, 0.2) is 42.5 Å². The molecule has 0 bridgehead atoms. The molecule has 3 nitrogen and oxygen atoms in total. The van der Waals surface area contributed by atoms with E-state index in [2.05, 4.69) is 36.5 Å². The first-order valence-electron chi connectivity index (χ1n) is 8.60. The molecule has 1 atom stereocenters. The van der Waals surface area contributed by atoms with E-state index in [1.54, 1.807) is 6.92 Å². The maximum atomic E-state index is 12.2. The SMILES string of the molecule is Cc1ccc(CSCCNC(=O)C(C)Oc2cc(C)ccc2C)cc1. The van der Waals surface area contributed by atoms with Crippen molar-refractivity contribution in [1.82, 2.24) is 5.32 Å². The van der Waals surface area contributed by atoms with Crippen LogP contribution in [0.2, 0.25) is 0 Å². The number of aryl methyl sites for hydroxylation is 3. The van der Waals surface area contributed by atoms with Crippen LogP contribution in [0.1, 0.15) is 29.2 Å². The Kier molecular flexibility index (Phi) is 7.38. The third-order valence-corrected chi connectivity index (χ3v) is 4.98. The van der Waals surface area contributed by atoms with Crippen LogP contribution < -0.4 is 10.1 Å². The van der Waals surface area contributed by atoms with Crippen molar-refractivity contribution in [3.05, 3.63) is 64.7 Å². The maximum absolute atomic E-state index is 12.2. The van der Waals surface area contributed by atoms with E-state index in [1.807, 2.05) is 43.8 Å². The minimum absolute atomic E-state index is 0.0724. The van der Waals surface area contributed by atoms with Gasteiger partial charge in [0, 0.05) is 18.1 Å². The molecule has 25 heavy (non-hydrogen) atoms. The molecular weight excluding hydrogens is 330 g/mol. The van der Waals surface area contributed by atoms with Gasteiger partial charge in [0.15, 0.2) is 6.10 Å². The highest BCUT2D eigenvalue weighted by molar-refractivity contribution is 7.98. The Morgan fingerprint density at radius 2 is 1.76 bits per heavy atom. The summed E-state index contributed by atoms with van der Waals surface area (Å²) in [5, 5.41) is 2.95. The Balaban J connectivity index is 1.69. The Labute approximate surface area is 155 Å². The quantitative estimate of drug-likeness (QED) is 0.710. The number of hydrogen-bond acceptors (Lipinski definition) is 3. The van der Waals surface area contributed by atoms with Gasteiger partial charge in [-0.15, -0.1) is 0 Å². The number of carbonyl (C=O) groups excluding carboxylic acids is 1. The molecule has 0 aliphatic rings. The smallest absolute Gasteiger partial charge is 0.260 e. The molecule has 4 heteroatoms. The molecule has 0 aromatic heterocycles. The highest BCUT2D eigenvalue weighted by atomic mass is 32.2. The van der Waals surface area contributed by atoms with Crippen LogP contribution in [0.4, 0.5) is 0 Å². The number of hydrogen-bond donors (Lipinski definition) is 1. The number of carbonyl (C=O) groups is 1. The number of amides is 1. The van der Waals surface area contributed by atoms with E-state index in [0.29, 0.717) is 6.54 Å². The second kappa shape index (κ2) is 9.52. The van der Waals surface area contributed by atoms with Gasteiger partial charge in [-0.2, -0.15) is 11.8 Å². The molecule has 0 aliphatic carbocycles. The van der Waals surface area contributed by atoms with E-state index in [4.69, 9.17) is 4.74 Å². The lowest BCUT2D eigenvalue weighted by atomic mass is 10.1. The van der Waals surface area contributed by atoms with E-state index >= 15 is 0 Å². The lowest BCUT2D eigenvalue weighted by Crippen LogP contribution is -2.37. The predicted octanol–water partition coefficient (Wildman–Crippen LogP) is 4.43. The van der Waals surface area contributed by atoms with E-state index in [9.17, 15) is 4.79 Å². The van der Waals surface area contributed by atoms with E-state index in [0.717, 1.165) is 28.4 Å². The summed E-state index contributed by atoms with van der Waals surface area (Å²) in [6.07, 6.45) is -0.498. The standard InChI is InChI=1S/C21H27NO2S/c1-15-6-9-19(10-7-15)14-25-12-11-22-21(23)18(4)24-20-13-16(2)5-8-17(20)3/h5-10,13,18H,11-12,14H2,1-4H3,(H,22,23). The monoisotopic (exact) mass is 357 g/mol. The third-order valence-electron chi connectivity index (χ3n) is 3.95. The normalized spacial score (nSPS) is 11.8. The van der Waals surface area contributed by atoms with Gasteiger partial charge >= 0.3 is 0 Å². The number of nitrogens with one attached hydrogen (secondary N) is 1. The highest BCUT2D eigenvalue weighted by Gasteiger charge is 2.15. The summed E-state index contributed by atoms with van der Waals surface area (Å²) in [7, 11) is 0. The van der Waals surface area contributed by atoms with E-state index in [-0.39, 0.29) is 5.91 Å². The van der Waals surface area contributed by atoms with Crippen molar-refractivity contribution < 1.29 is 9.53 Å². The summed E-state index contributed by atoms with van der Waals surface area (Å²) in [6, 6.07) is 14.6. The van der Waals surface area contributed by atoms with Gasteiger partial charge in [-0.1, -0.05) is 42.0 Å². The molecular formula is C21H27NO2S. The lowest BCUT2D eigenvalue weighted by Gasteiger charge is -2.16. The topological polar surface area (TPSA) is 38.3 Å². The first kappa shape index (κ1) is 19.4. The Morgan fingerprint density at radius 1 is 1.08 bits per heavy atom. The molecule has 0 spiro atoms. The van der Waals surface area contributed by atoms with Crippen LogP contribution in [-0.4, -0.2) is 24.3 Å². The second-order valence-corrected chi connectivity index (χ2v) is 7.46. The number of ether oxygens (including phenoxy) is 1. The molecule has 0 heterocycles. The number of benzene rings is 2. The molecule has 0 fully saturated rings. The first-order valence-corrected chi connectivity index (χ1v) is 9.76.